The van der Waals surface area contributed by atoms with Crippen LogP contribution in [0.3, 0.4) is 0 Å². The molecule has 1 heterocycles. The zero-order valence-corrected chi connectivity index (χ0v) is 12.7. The Morgan fingerprint density at radius 1 is 1.55 bits per heavy atom. The molecule has 1 aromatic heterocycles. The first kappa shape index (κ1) is 14.7. The van der Waals surface area contributed by atoms with Crippen LogP contribution in [0.2, 0.25) is 0 Å². The lowest BCUT2D eigenvalue weighted by Gasteiger charge is -2.18. The Kier molecular flexibility index (Phi) is 4.57. The lowest BCUT2D eigenvalue weighted by Crippen LogP contribution is -2.33. The van der Waals surface area contributed by atoms with Gasteiger partial charge >= 0.3 is 6.03 Å². The minimum absolute atomic E-state index is 0.175. The fraction of sp³-hybridized carbons (Fsp3) is 0.429. The van der Waals surface area contributed by atoms with Crippen LogP contribution in [0.4, 0.5) is 10.5 Å². The maximum atomic E-state index is 12.0. The quantitative estimate of drug-likeness (QED) is 0.911. The number of fused-ring (bicyclic) bond motifs is 1. The summed E-state index contributed by atoms with van der Waals surface area (Å²) < 4.78 is 1.06. The van der Waals surface area contributed by atoms with Gasteiger partial charge in [0.05, 0.1) is 21.3 Å². The summed E-state index contributed by atoms with van der Waals surface area (Å²) in [7, 11) is 1.72. The van der Waals surface area contributed by atoms with Crippen LogP contribution in [0.5, 0.6) is 0 Å². The molecule has 2 rings (SSSR count). The van der Waals surface area contributed by atoms with Gasteiger partial charge in [-0.1, -0.05) is 0 Å². The second-order valence-corrected chi connectivity index (χ2v) is 6.14. The van der Waals surface area contributed by atoms with Crippen LogP contribution in [0, 0.1) is 6.92 Å². The van der Waals surface area contributed by atoms with E-state index in [-0.39, 0.29) is 6.03 Å². The van der Waals surface area contributed by atoms with Crippen molar-refractivity contribution in [2.45, 2.75) is 26.4 Å². The van der Waals surface area contributed by atoms with Gasteiger partial charge in [-0.2, -0.15) is 0 Å². The second-order valence-electron chi connectivity index (χ2n) is 4.90. The van der Waals surface area contributed by atoms with E-state index in [0.29, 0.717) is 13.0 Å². The normalized spacial score (nSPS) is 12.4. The Morgan fingerprint density at radius 3 is 3.00 bits per heavy atom. The van der Waals surface area contributed by atoms with Gasteiger partial charge < -0.3 is 15.3 Å². The van der Waals surface area contributed by atoms with Crippen LogP contribution in [0.1, 0.15) is 18.4 Å². The first-order chi connectivity index (χ1) is 9.45. The highest BCUT2D eigenvalue weighted by Gasteiger charge is 2.10. The van der Waals surface area contributed by atoms with Crippen molar-refractivity contribution >= 4 is 33.3 Å². The van der Waals surface area contributed by atoms with Gasteiger partial charge in [-0.3, -0.25) is 0 Å². The summed E-state index contributed by atoms with van der Waals surface area (Å²) >= 11 is 1.61. The molecule has 5 nitrogen and oxygen atoms in total. The van der Waals surface area contributed by atoms with E-state index < -0.39 is 6.10 Å². The number of amides is 2. The van der Waals surface area contributed by atoms with Gasteiger partial charge in [-0.15, -0.1) is 11.3 Å². The Hall–Kier alpha value is -1.66. The van der Waals surface area contributed by atoms with Gasteiger partial charge in [0.2, 0.25) is 0 Å². The first-order valence-electron chi connectivity index (χ1n) is 6.53. The summed E-state index contributed by atoms with van der Waals surface area (Å²) in [4.78, 5) is 17.9. The minimum atomic E-state index is -0.401. The Morgan fingerprint density at radius 2 is 2.30 bits per heavy atom. The molecule has 0 bridgehead atoms. The Balaban J connectivity index is 2.01. The van der Waals surface area contributed by atoms with Crippen molar-refractivity contribution in [1.82, 2.24) is 9.88 Å². The molecule has 108 valence electrons. The fourth-order valence-electron chi connectivity index (χ4n) is 1.82. The van der Waals surface area contributed by atoms with E-state index in [1.165, 1.54) is 0 Å². The lowest BCUT2D eigenvalue weighted by molar-refractivity contribution is 0.167. The SMILES string of the molecule is Cc1nc2ccc(NC(=O)N(C)CCC(C)O)cc2s1. The Bertz CT molecular complexity index is 609. The van der Waals surface area contributed by atoms with Crippen molar-refractivity contribution in [3.63, 3.8) is 0 Å². The number of anilines is 1. The molecule has 0 fully saturated rings. The number of carbonyl (C=O) groups is 1. The predicted molar refractivity (Wildman–Crippen MR) is 82.3 cm³/mol. The van der Waals surface area contributed by atoms with E-state index in [2.05, 4.69) is 10.3 Å². The molecule has 0 radical (unpaired) electrons. The monoisotopic (exact) mass is 293 g/mol. The lowest BCUT2D eigenvalue weighted by atomic mass is 10.3. The third kappa shape index (κ3) is 3.68. The summed E-state index contributed by atoms with van der Waals surface area (Å²) in [6.07, 6.45) is 0.165. The van der Waals surface area contributed by atoms with Crippen LogP contribution in [-0.4, -0.2) is 40.7 Å². The molecule has 0 saturated carbocycles. The molecule has 2 N–H and O–H groups in total. The largest absolute Gasteiger partial charge is 0.393 e. The van der Waals surface area contributed by atoms with Crippen molar-refractivity contribution in [1.29, 1.82) is 0 Å². The highest BCUT2D eigenvalue weighted by molar-refractivity contribution is 7.18. The number of urea groups is 1. The smallest absolute Gasteiger partial charge is 0.321 e. The molecule has 0 spiro atoms. The molecule has 1 atom stereocenters. The summed E-state index contributed by atoms with van der Waals surface area (Å²) in [6, 6.07) is 5.51. The van der Waals surface area contributed by atoms with Gasteiger partial charge in [-0.25, -0.2) is 9.78 Å². The number of aromatic nitrogens is 1. The number of hydrogen-bond acceptors (Lipinski definition) is 4. The van der Waals surface area contributed by atoms with Crippen LogP contribution in [0.25, 0.3) is 10.2 Å². The number of aliphatic hydroxyl groups excluding tert-OH is 1. The van der Waals surface area contributed by atoms with E-state index in [0.717, 1.165) is 20.9 Å². The standard InChI is InChI=1S/C14H19N3O2S/c1-9(18)6-7-17(3)14(19)16-11-4-5-12-13(8-11)20-10(2)15-12/h4-5,8-9,18H,6-7H2,1-3H3,(H,16,19). The van der Waals surface area contributed by atoms with Crippen molar-refractivity contribution in [2.75, 3.05) is 18.9 Å². The first-order valence-corrected chi connectivity index (χ1v) is 7.34. The van der Waals surface area contributed by atoms with Gasteiger partial charge in [-0.05, 0) is 38.5 Å². The van der Waals surface area contributed by atoms with E-state index >= 15 is 0 Å². The zero-order chi connectivity index (χ0) is 14.7. The number of hydrogen-bond donors (Lipinski definition) is 2. The van der Waals surface area contributed by atoms with Crippen molar-refractivity contribution in [3.05, 3.63) is 23.2 Å². The number of rotatable bonds is 4. The van der Waals surface area contributed by atoms with E-state index in [1.807, 2.05) is 25.1 Å². The van der Waals surface area contributed by atoms with Crippen molar-refractivity contribution < 1.29 is 9.90 Å². The van der Waals surface area contributed by atoms with E-state index in [4.69, 9.17) is 0 Å². The molecule has 0 aliphatic rings. The third-order valence-electron chi connectivity index (χ3n) is 2.98. The highest BCUT2D eigenvalue weighted by Crippen LogP contribution is 2.24. The minimum Gasteiger partial charge on any atom is -0.393 e. The number of nitrogens with one attached hydrogen (secondary N) is 1. The topological polar surface area (TPSA) is 65.5 Å². The number of carbonyl (C=O) groups excluding carboxylic acids is 1. The maximum absolute atomic E-state index is 12.0. The fourth-order valence-corrected chi connectivity index (χ4v) is 2.68. The highest BCUT2D eigenvalue weighted by atomic mass is 32.1. The molecule has 0 aliphatic carbocycles. The third-order valence-corrected chi connectivity index (χ3v) is 3.91. The molecule has 0 saturated heterocycles. The van der Waals surface area contributed by atoms with Crippen LogP contribution < -0.4 is 5.32 Å². The van der Waals surface area contributed by atoms with Crippen LogP contribution in [-0.2, 0) is 0 Å². The molecule has 1 aromatic carbocycles. The Labute approximate surface area is 122 Å². The molecule has 20 heavy (non-hydrogen) atoms. The van der Waals surface area contributed by atoms with Crippen LogP contribution in [0.15, 0.2) is 18.2 Å². The average Bonchev–Trinajstić information content (AvgIpc) is 2.75. The number of aliphatic hydroxyl groups is 1. The van der Waals surface area contributed by atoms with Gasteiger partial charge in [0.1, 0.15) is 0 Å². The van der Waals surface area contributed by atoms with E-state index in [9.17, 15) is 9.90 Å². The number of benzene rings is 1. The molecular formula is C14H19N3O2S. The predicted octanol–water partition coefficient (Wildman–Crippen LogP) is 2.84. The summed E-state index contributed by atoms with van der Waals surface area (Å²) in [5.41, 5.74) is 1.71. The number of aryl methyl sites for hydroxylation is 1. The molecule has 0 aliphatic heterocycles. The maximum Gasteiger partial charge on any atom is 0.321 e. The molecule has 2 aromatic rings. The van der Waals surface area contributed by atoms with Gasteiger partial charge in [0.25, 0.3) is 0 Å². The van der Waals surface area contributed by atoms with Crippen LogP contribution >= 0.6 is 11.3 Å². The molecule has 1 unspecified atom stereocenters. The number of thiazole rings is 1. The summed E-state index contributed by atoms with van der Waals surface area (Å²) in [5.74, 6) is 0. The van der Waals surface area contributed by atoms with Gasteiger partial charge in [0, 0.05) is 19.3 Å². The second kappa shape index (κ2) is 6.19. The van der Waals surface area contributed by atoms with Crippen molar-refractivity contribution in [3.8, 4) is 0 Å². The zero-order valence-electron chi connectivity index (χ0n) is 11.9. The van der Waals surface area contributed by atoms with E-state index in [1.54, 1.807) is 30.2 Å². The summed E-state index contributed by atoms with van der Waals surface area (Å²) in [6.45, 7) is 4.20. The molecule has 2 amide bonds. The molecular weight excluding hydrogens is 274 g/mol. The molecule has 6 heteroatoms. The van der Waals surface area contributed by atoms with Crippen molar-refractivity contribution in [2.24, 2.45) is 0 Å². The number of nitrogens with zero attached hydrogens (tertiary/aromatic N) is 2. The summed E-state index contributed by atoms with van der Waals surface area (Å²) in [5, 5.41) is 13.1. The van der Waals surface area contributed by atoms with Gasteiger partial charge in [0.15, 0.2) is 0 Å². The average molecular weight is 293 g/mol.